The number of rotatable bonds is 5. The first-order valence-corrected chi connectivity index (χ1v) is 6.76. The lowest BCUT2D eigenvalue weighted by Crippen LogP contribution is -2.38. The number of hydrogen-bond donors (Lipinski definition) is 0. The second-order valence-electron chi connectivity index (χ2n) is 5.70. The maximum absolute atomic E-state index is 12.2. The molecule has 6 nitrogen and oxygen atoms in total. The molecule has 0 heterocycles. The molecular weight excluding hydrogens is 264 g/mol. The molecule has 0 aromatic heterocycles. The first-order chi connectivity index (χ1) is 9.19. The highest BCUT2D eigenvalue weighted by Gasteiger charge is 2.72. The molecule has 1 saturated carbocycles. The smallest absolute Gasteiger partial charge is 0.324 e. The van der Waals surface area contributed by atoms with Gasteiger partial charge in [-0.3, -0.25) is 14.4 Å². The molecule has 2 atom stereocenters. The van der Waals surface area contributed by atoms with E-state index in [4.69, 9.17) is 14.2 Å². The standard InChI is InChI=1S/C14H22O6/c1-6-18-10(15)9-8-14(9,11(16)19-7-2)12(17)20-13(3,4)5/h9H,6-8H2,1-5H3. The summed E-state index contributed by atoms with van der Waals surface area (Å²) in [5, 5.41) is 0. The molecule has 6 heteroatoms. The first-order valence-electron chi connectivity index (χ1n) is 6.76. The fraction of sp³-hybridized carbons (Fsp3) is 0.786. The third kappa shape index (κ3) is 3.29. The van der Waals surface area contributed by atoms with E-state index in [-0.39, 0.29) is 19.6 Å². The summed E-state index contributed by atoms with van der Waals surface area (Å²) >= 11 is 0. The van der Waals surface area contributed by atoms with E-state index in [2.05, 4.69) is 0 Å². The van der Waals surface area contributed by atoms with Crippen LogP contribution < -0.4 is 0 Å². The average Bonchev–Trinajstić information content (AvgIpc) is 3.03. The van der Waals surface area contributed by atoms with Gasteiger partial charge in [0.2, 0.25) is 0 Å². The predicted molar refractivity (Wildman–Crippen MR) is 69.7 cm³/mol. The van der Waals surface area contributed by atoms with Crippen LogP contribution >= 0.6 is 0 Å². The van der Waals surface area contributed by atoms with Crippen molar-refractivity contribution >= 4 is 17.9 Å². The Morgan fingerprint density at radius 1 is 1.05 bits per heavy atom. The quantitative estimate of drug-likeness (QED) is 0.432. The van der Waals surface area contributed by atoms with E-state index in [1.807, 2.05) is 0 Å². The van der Waals surface area contributed by atoms with Crippen LogP contribution in [0.15, 0.2) is 0 Å². The highest BCUT2D eigenvalue weighted by molar-refractivity contribution is 6.09. The van der Waals surface area contributed by atoms with Gasteiger partial charge in [0, 0.05) is 0 Å². The van der Waals surface area contributed by atoms with Crippen LogP contribution in [0.5, 0.6) is 0 Å². The lowest BCUT2D eigenvalue weighted by molar-refractivity contribution is -0.174. The van der Waals surface area contributed by atoms with Gasteiger partial charge in [0.05, 0.1) is 19.1 Å². The summed E-state index contributed by atoms with van der Waals surface area (Å²) in [6, 6.07) is 0. The summed E-state index contributed by atoms with van der Waals surface area (Å²) in [6.45, 7) is 8.74. The minimum absolute atomic E-state index is 0.0829. The third-order valence-corrected chi connectivity index (χ3v) is 2.93. The van der Waals surface area contributed by atoms with Crippen LogP contribution in [0.25, 0.3) is 0 Å². The van der Waals surface area contributed by atoms with Crippen LogP contribution in [-0.2, 0) is 28.6 Å². The zero-order valence-electron chi connectivity index (χ0n) is 12.6. The molecule has 114 valence electrons. The summed E-state index contributed by atoms with van der Waals surface area (Å²) in [4.78, 5) is 36.1. The van der Waals surface area contributed by atoms with Crippen LogP contribution in [0.3, 0.4) is 0 Å². The van der Waals surface area contributed by atoms with Gasteiger partial charge in [-0.05, 0) is 41.0 Å². The van der Waals surface area contributed by atoms with Gasteiger partial charge in [-0.1, -0.05) is 0 Å². The number of carbonyl (C=O) groups is 3. The second-order valence-corrected chi connectivity index (χ2v) is 5.70. The Morgan fingerprint density at radius 3 is 2.05 bits per heavy atom. The summed E-state index contributed by atoms with van der Waals surface area (Å²) in [7, 11) is 0. The molecule has 1 fully saturated rings. The maximum Gasteiger partial charge on any atom is 0.324 e. The molecule has 0 radical (unpaired) electrons. The fourth-order valence-corrected chi connectivity index (χ4v) is 1.95. The van der Waals surface area contributed by atoms with E-state index in [9.17, 15) is 14.4 Å². The Bertz CT molecular complexity index is 408. The van der Waals surface area contributed by atoms with E-state index in [1.54, 1.807) is 34.6 Å². The molecule has 2 unspecified atom stereocenters. The molecule has 0 N–H and O–H groups in total. The van der Waals surface area contributed by atoms with Crippen LogP contribution in [0.2, 0.25) is 0 Å². The van der Waals surface area contributed by atoms with Gasteiger partial charge in [-0.2, -0.15) is 0 Å². The van der Waals surface area contributed by atoms with Crippen molar-refractivity contribution in [1.29, 1.82) is 0 Å². The van der Waals surface area contributed by atoms with E-state index >= 15 is 0 Å². The van der Waals surface area contributed by atoms with Crippen LogP contribution in [0, 0.1) is 11.3 Å². The van der Waals surface area contributed by atoms with Crippen molar-refractivity contribution in [1.82, 2.24) is 0 Å². The predicted octanol–water partition coefficient (Wildman–Crippen LogP) is 1.46. The Labute approximate surface area is 118 Å². The minimum atomic E-state index is -1.53. The Kier molecular flexibility index (Phi) is 4.78. The van der Waals surface area contributed by atoms with Gasteiger partial charge in [0.15, 0.2) is 5.41 Å². The van der Waals surface area contributed by atoms with Crippen molar-refractivity contribution in [2.24, 2.45) is 11.3 Å². The number of carbonyl (C=O) groups excluding carboxylic acids is 3. The molecule has 0 amide bonds. The molecule has 0 saturated heterocycles. The van der Waals surface area contributed by atoms with Gasteiger partial charge in [0.25, 0.3) is 0 Å². The Balaban J connectivity index is 2.92. The van der Waals surface area contributed by atoms with Crippen molar-refractivity contribution in [3.05, 3.63) is 0 Å². The highest BCUT2D eigenvalue weighted by Crippen LogP contribution is 2.55. The van der Waals surface area contributed by atoms with Gasteiger partial charge in [-0.15, -0.1) is 0 Å². The summed E-state index contributed by atoms with van der Waals surface area (Å²) in [5.74, 6) is -2.81. The van der Waals surface area contributed by atoms with Crippen LogP contribution in [-0.4, -0.2) is 36.7 Å². The van der Waals surface area contributed by atoms with E-state index in [0.717, 1.165) is 0 Å². The molecule has 0 bridgehead atoms. The second kappa shape index (κ2) is 5.81. The monoisotopic (exact) mass is 286 g/mol. The summed E-state index contributed by atoms with van der Waals surface area (Å²) in [6.07, 6.45) is 0.0829. The van der Waals surface area contributed by atoms with Gasteiger partial charge >= 0.3 is 17.9 Å². The molecule has 0 aromatic carbocycles. The van der Waals surface area contributed by atoms with Crippen LogP contribution in [0.1, 0.15) is 41.0 Å². The molecule has 1 aliphatic rings. The van der Waals surface area contributed by atoms with Crippen molar-refractivity contribution < 1.29 is 28.6 Å². The summed E-state index contributed by atoms with van der Waals surface area (Å²) in [5.41, 5.74) is -2.27. The van der Waals surface area contributed by atoms with Crippen LogP contribution in [0.4, 0.5) is 0 Å². The van der Waals surface area contributed by atoms with Gasteiger partial charge in [-0.25, -0.2) is 0 Å². The van der Waals surface area contributed by atoms with E-state index in [0.29, 0.717) is 0 Å². The normalized spacial score (nSPS) is 24.8. The lowest BCUT2D eigenvalue weighted by Gasteiger charge is -2.23. The molecule has 0 aliphatic heterocycles. The van der Waals surface area contributed by atoms with Crippen molar-refractivity contribution in [2.45, 2.75) is 46.6 Å². The van der Waals surface area contributed by atoms with E-state index in [1.165, 1.54) is 0 Å². The largest absolute Gasteiger partial charge is 0.466 e. The van der Waals surface area contributed by atoms with Gasteiger partial charge < -0.3 is 14.2 Å². The molecule has 1 rings (SSSR count). The van der Waals surface area contributed by atoms with Crippen molar-refractivity contribution in [2.75, 3.05) is 13.2 Å². The number of esters is 3. The third-order valence-electron chi connectivity index (χ3n) is 2.93. The minimum Gasteiger partial charge on any atom is -0.466 e. The lowest BCUT2D eigenvalue weighted by atomic mass is 10.0. The van der Waals surface area contributed by atoms with Crippen molar-refractivity contribution in [3.8, 4) is 0 Å². The summed E-state index contributed by atoms with van der Waals surface area (Å²) < 4.78 is 15.0. The topological polar surface area (TPSA) is 78.9 Å². The number of hydrogen-bond acceptors (Lipinski definition) is 6. The zero-order valence-corrected chi connectivity index (χ0v) is 12.6. The highest BCUT2D eigenvalue weighted by atomic mass is 16.6. The fourth-order valence-electron chi connectivity index (χ4n) is 1.95. The Morgan fingerprint density at radius 2 is 1.60 bits per heavy atom. The Hall–Kier alpha value is -1.59. The number of ether oxygens (including phenoxy) is 3. The molecule has 0 spiro atoms. The maximum atomic E-state index is 12.2. The molecule has 0 aromatic rings. The average molecular weight is 286 g/mol. The van der Waals surface area contributed by atoms with Gasteiger partial charge in [0.1, 0.15) is 5.60 Å². The molecular formula is C14H22O6. The zero-order chi connectivity index (χ0) is 15.6. The van der Waals surface area contributed by atoms with E-state index < -0.39 is 34.8 Å². The SMILES string of the molecule is CCOC(=O)C1CC1(C(=O)OCC)C(=O)OC(C)(C)C. The first kappa shape index (κ1) is 16.5. The van der Waals surface area contributed by atoms with Crippen molar-refractivity contribution in [3.63, 3.8) is 0 Å². The molecule has 20 heavy (non-hydrogen) atoms. The molecule has 1 aliphatic carbocycles.